The van der Waals surface area contributed by atoms with Crippen LogP contribution in [0.1, 0.15) is 31.0 Å². The van der Waals surface area contributed by atoms with Crippen LogP contribution in [0.4, 0.5) is 5.82 Å². The lowest BCUT2D eigenvalue weighted by Gasteiger charge is -2.21. The van der Waals surface area contributed by atoms with E-state index < -0.39 is 0 Å². The molecule has 0 aliphatic heterocycles. The van der Waals surface area contributed by atoms with E-state index in [9.17, 15) is 0 Å². The highest BCUT2D eigenvalue weighted by Crippen LogP contribution is 2.23. The maximum absolute atomic E-state index is 4.68. The van der Waals surface area contributed by atoms with Crippen molar-refractivity contribution in [3.63, 3.8) is 0 Å². The van der Waals surface area contributed by atoms with Crippen molar-refractivity contribution in [1.82, 2.24) is 35.2 Å². The maximum atomic E-state index is 4.68. The van der Waals surface area contributed by atoms with Gasteiger partial charge in [-0.2, -0.15) is 14.8 Å². The molecule has 0 radical (unpaired) electrons. The third-order valence-electron chi connectivity index (χ3n) is 4.29. The number of H-pyrrole nitrogens is 1. The Labute approximate surface area is 150 Å². The molecule has 4 rings (SSSR count). The van der Waals surface area contributed by atoms with Crippen LogP contribution in [0.3, 0.4) is 0 Å². The third-order valence-corrected chi connectivity index (χ3v) is 4.29. The van der Waals surface area contributed by atoms with Gasteiger partial charge in [-0.1, -0.05) is 32.0 Å². The number of nitrogens with zero attached hydrogens (tertiary/aromatic N) is 7. The Hall–Kier alpha value is -3.29. The first kappa shape index (κ1) is 16.2. The van der Waals surface area contributed by atoms with Crippen molar-refractivity contribution in [2.75, 3.05) is 11.9 Å². The van der Waals surface area contributed by atoms with Crippen LogP contribution in [0.2, 0.25) is 0 Å². The molecule has 0 spiro atoms. The van der Waals surface area contributed by atoms with Crippen molar-refractivity contribution in [2.24, 2.45) is 0 Å². The number of benzene rings is 1. The van der Waals surface area contributed by atoms with Gasteiger partial charge < -0.3 is 4.90 Å². The van der Waals surface area contributed by atoms with Crippen molar-refractivity contribution in [3.8, 4) is 11.4 Å². The molecule has 0 fully saturated rings. The monoisotopic (exact) mass is 348 g/mol. The Morgan fingerprint density at radius 2 is 2.08 bits per heavy atom. The first-order chi connectivity index (χ1) is 12.6. The number of fused-ring (bicyclic) bond motifs is 1. The zero-order valence-electron chi connectivity index (χ0n) is 15.0. The molecule has 8 nitrogen and oxygen atoms in total. The topological polar surface area (TPSA) is 87.9 Å². The molecule has 0 saturated carbocycles. The SMILES string of the molecule is CC(C)c1cc(N(C)Cc2cccc(-c3nn[nH]n3)c2)n2nccc2n1. The number of aromatic nitrogens is 7. The quantitative estimate of drug-likeness (QED) is 0.596. The molecule has 26 heavy (non-hydrogen) atoms. The van der Waals surface area contributed by atoms with E-state index in [0.717, 1.165) is 34.8 Å². The minimum absolute atomic E-state index is 0.351. The number of hydrogen-bond donors (Lipinski definition) is 1. The molecule has 0 saturated heterocycles. The summed E-state index contributed by atoms with van der Waals surface area (Å²) in [6.07, 6.45) is 1.78. The average Bonchev–Trinajstić information content (AvgIpc) is 3.32. The second kappa shape index (κ2) is 6.55. The molecular weight excluding hydrogens is 328 g/mol. The van der Waals surface area contributed by atoms with Gasteiger partial charge in [0.15, 0.2) is 5.65 Å². The molecule has 8 heteroatoms. The van der Waals surface area contributed by atoms with E-state index in [1.165, 1.54) is 0 Å². The van der Waals surface area contributed by atoms with Crippen LogP contribution in [0.5, 0.6) is 0 Å². The maximum Gasteiger partial charge on any atom is 0.204 e. The number of aromatic amines is 1. The van der Waals surface area contributed by atoms with Gasteiger partial charge in [-0.25, -0.2) is 4.98 Å². The van der Waals surface area contributed by atoms with Gasteiger partial charge >= 0.3 is 0 Å². The largest absolute Gasteiger partial charge is 0.355 e. The number of nitrogens with one attached hydrogen (secondary N) is 1. The number of tetrazole rings is 1. The van der Waals surface area contributed by atoms with E-state index in [1.807, 2.05) is 22.7 Å². The van der Waals surface area contributed by atoms with Gasteiger partial charge in [-0.05, 0) is 22.8 Å². The van der Waals surface area contributed by atoms with E-state index in [0.29, 0.717) is 11.7 Å². The van der Waals surface area contributed by atoms with Gasteiger partial charge in [0.1, 0.15) is 5.82 Å². The number of rotatable bonds is 5. The summed E-state index contributed by atoms with van der Waals surface area (Å²) in [4.78, 5) is 6.85. The van der Waals surface area contributed by atoms with Crippen LogP contribution in [-0.2, 0) is 6.54 Å². The van der Waals surface area contributed by atoms with E-state index in [4.69, 9.17) is 0 Å². The molecule has 1 N–H and O–H groups in total. The molecule has 1 aromatic carbocycles. The van der Waals surface area contributed by atoms with Crippen molar-refractivity contribution in [2.45, 2.75) is 26.3 Å². The lowest BCUT2D eigenvalue weighted by Crippen LogP contribution is -2.20. The highest BCUT2D eigenvalue weighted by Gasteiger charge is 2.13. The van der Waals surface area contributed by atoms with Crippen LogP contribution >= 0.6 is 0 Å². The van der Waals surface area contributed by atoms with Gasteiger partial charge in [0.2, 0.25) is 5.82 Å². The fourth-order valence-electron chi connectivity index (χ4n) is 2.93. The van der Waals surface area contributed by atoms with Gasteiger partial charge in [-0.15, -0.1) is 10.2 Å². The molecule has 3 aromatic heterocycles. The fourth-order valence-corrected chi connectivity index (χ4v) is 2.93. The van der Waals surface area contributed by atoms with Crippen LogP contribution in [0.25, 0.3) is 17.0 Å². The standard InChI is InChI=1S/C18H20N8/c1-12(2)15-10-17(26-16(20-15)7-8-19-26)25(3)11-13-5-4-6-14(9-13)18-21-23-24-22-18/h4-10,12H,11H2,1-3H3,(H,21,22,23,24). The third kappa shape index (κ3) is 3.01. The summed E-state index contributed by atoms with van der Waals surface area (Å²) in [5.74, 6) is 1.95. The van der Waals surface area contributed by atoms with Crippen molar-refractivity contribution >= 4 is 11.5 Å². The second-order valence-corrected chi connectivity index (χ2v) is 6.59. The van der Waals surface area contributed by atoms with E-state index in [1.54, 1.807) is 6.20 Å². The van der Waals surface area contributed by atoms with Gasteiger partial charge in [0.05, 0.1) is 6.20 Å². The minimum atomic E-state index is 0.351. The van der Waals surface area contributed by atoms with Gasteiger partial charge in [0, 0.05) is 37.0 Å². The summed E-state index contributed by atoms with van der Waals surface area (Å²) in [7, 11) is 2.06. The Morgan fingerprint density at radius 3 is 2.85 bits per heavy atom. The number of hydrogen-bond acceptors (Lipinski definition) is 6. The second-order valence-electron chi connectivity index (χ2n) is 6.59. The van der Waals surface area contributed by atoms with E-state index in [-0.39, 0.29) is 0 Å². The number of anilines is 1. The zero-order valence-corrected chi connectivity index (χ0v) is 15.0. The molecule has 0 aliphatic carbocycles. The van der Waals surface area contributed by atoms with Gasteiger partial charge in [0.25, 0.3) is 0 Å². The van der Waals surface area contributed by atoms with Crippen LogP contribution < -0.4 is 4.90 Å². The van der Waals surface area contributed by atoms with Crippen LogP contribution in [-0.4, -0.2) is 42.3 Å². The smallest absolute Gasteiger partial charge is 0.204 e. The van der Waals surface area contributed by atoms with Crippen molar-refractivity contribution in [3.05, 3.63) is 53.9 Å². The predicted octanol–water partition coefficient (Wildman–Crippen LogP) is 2.67. The lowest BCUT2D eigenvalue weighted by molar-refractivity contribution is 0.785. The van der Waals surface area contributed by atoms with Gasteiger partial charge in [-0.3, -0.25) is 0 Å². The molecule has 0 unspecified atom stereocenters. The Bertz CT molecular complexity index is 1020. The van der Waals surface area contributed by atoms with E-state index in [2.05, 4.69) is 74.7 Å². The lowest BCUT2D eigenvalue weighted by atomic mass is 10.1. The summed E-state index contributed by atoms with van der Waals surface area (Å²) in [6, 6.07) is 12.2. The van der Waals surface area contributed by atoms with Crippen LogP contribution in [0.15, 0.2) is 42.6 Å². The predicted molar refractivity (Wildman–Crippen MR) is 98.8 cm³/mol. The fraction of sp³-hybridized carbons (Fsp3) is 0.278. The summed E-state index contributed by atoms with van der Waals surface area (Å²) in [5, 5.41) is 18.6. The molecule has 4 aromatic rings. The molecule has 3 heterocycles. The summed E-state index contributed by atoms with van der Waals surface area (Å²) < 4.78 is 1.87. The Balaban J connectivity index is 1.67. The average molecular weight is 348 g/mol. The Kier molecular flexibility index (Phi) is 4.08. The highest BCUT2D eigenvalue weighted by molar-refractivity contribution is 5.56. The van der Waals surface area contributed by atoms with E-state index >= 15 is 0 Å². The molecule has 0 atom stereocenters. The summed E-state index contributed by atoms with van der Waals surface area (Å²) in [5.41, 5.74) is 4.00. The molecule has 0 aliphatic rings. The summed E-state index contributed by atoms with van der Waals surface area (Å²) >= 11 is 0. The Morgan fingerprint density at radius 1 is 1.19 bits per heavy atom. The van der Waals surface area contributed by atoms with Crippen molar-refractivity contribution < 1.29 is 0 Å². The van der Waals surface area contributed by atoms with Crippen LogP contribution in [0, 0.1) is 0 Å². The normalized spacial score (nSPS) is 11.4. The van der Waals surface area contributed by atoms with Crippen molar-refractivity contribution in [1.29, 1.82) is 0 Å². The molecule has 0 bridgehead atoms. The first-order valence-electron chi connectivity index (χ1n) is 8.50. The minimum Gasteiger partial charge on any atom is -0.355 e. The highest BCUT2D eigenvalue weighted by atomic mass is 15.5. The molecule has 0 amide bonds. The zero-order chi connectivity index (χ0) is 18.1. The molecular formula is C18H20N8. The molecule has 132 valence electrons. The summed E-state index contributed by atoms with van der Waals surface area (Å²) in [6.45, 7) is 5.02. The first-order valence-corrected chi connectivity index (χ1v) is 8.50.